The van der Waals surface area contributed by atoms with Crippen LogP contribution in [0.25, 0.3) is 0 Å². The maximum absolute atomic E-state index is 11.8. The van der Waals surface area contributed by atoms with Crippen LogP contribution in [0.2, 0.25) is 0 Å². The highest BCUT2D eigenvalue weighted by molar-refractivity contribution is 7.10. The van der Waals surface area contributed by atoms with E-state index < -0.39 is 0 Å². The largest absolute Gasteiger partial charge is 0.396 e. The minimum Gasteiger partial charge on any atom is -0.396 e. The first-order valence-corrected chi connectivity index (χ1v) is 6.85. The standard InChI is InChI=1S/C13H21NO2S/c1-9(2)11(8-15)13(16)14-6-4-12-10(3)5-7-17-12/h5,7,9,11,15H,4,6,8H2,1-3H3,(H,14,16). The maximum atomic E-state index is 11.8. The van der Waals surface area contributed by atoms with Gasteiger partial charge >= 0.3 is 0 Å². The molecule has 0 aliphatic carbocycles. The first-order valence-electron chi connectivity index (χ1n) is 5.97. The van der Waals surface area contributed by atoms with Gasteiger partial charge in [0, 0.05) is 11.4 Å². The summed E-state index contributed by atoms with van der Waals surface area (Å²) in [6.07, 6.45) is 0.867. The lowest BCUT2D eigenvalue weighted by Gasteiger charge is -2.17. The van der Waals surface area contributed by atoms with Crippen LogP contribution in [0.15, 0.2) is 11.4 Å². The van der Waals surface area contributed by atoms with Crippen LogP contribution in [0.3, 0.4) is 0 Å². The predicted molar refractivity (Wildman–Crippen MR) is 71.2 cm³/mol. The zero-order valence-electron chi connectivity index (χ0n) is 10.7. The number of carbonyl (C=O) groups is 1. The van der Waals surface area contributed by atoms with E-state index in [0.717, 1.165) is 6.42 Å². The molecule has 1 aromatic heterocycles. The fourth-order valence-electron chi connectivity index (χ4n) is 1.69. The van der Waals surface area contributed by atoms with Gasteiger partial charge < -0.3 is 10.4 Å². The van der Waals surface area contributed by atoms with E-state index in [2.05, 4.69) is 23.7 Å². The number of carbonyl (C=O) groups excluding carboxylic acids is 1. The van der Waals surface area contributed by atoms with Crippen LogP contribution < -0.4 is 5.32 Å². The van der Waals surface area contributed by atoms with Crippen molar-refractivity contribution in [3.8, 4) is 0 Å². The van der Waals surface area contributed by atoms with Crippen molar-refractivity contribution >= 4 is 17.2 Å². The van der Waals surface area contributed by atoms with E-state index >= 15 is 0 Å². The van der Waals surface area contributed by atoms with Gasteiger partial charge in [-0.2, -0.15) is 0 Å². The monoisotopic (exact) mass is 255 g/mol. The van der Waals surface area contributed by atoms with E-state index in [0.29, 0.717) is 6.54 Å². The highest BCUT2D eigenvalue weighted by atomic mass is 32.1. The van der Waals surface area contributed by atoms with E-state index in [1.165, 1.54) is 10.4 Å². The van der Waals surface area contributed by atoms with Crippen LogP contribution in [0.5, 0.6) is 0 Å². The van der Waals surface area contributed by atoms with E-state index in [-0.39, 0.29) is 24.3 Å². The summed E-state index contributed by atoms with van der Waals surface area (Å²) in [5.74, 6) is -0.167. The lowest BCUT2D eigenvalue weighted by atomic mass is 9.96. The van der Waals surface area contributed by atoms with Gasteiger partial charge in [0.25, 0.3) is 0 Å². The third-order valence-corrected chi connectivity index (χ3v) is 4.04. The normalized spacial score (nSPS) is 12.8. The summed E-state index contributed by atoms with van der Waals surface area (Å²) in [5.41, 5.74) is 1.28. The van der Waals surface area contributed by atoms with Crippen molar-refractivity contribution in [3.63, 3.8) is 0 Å². The molecule has 4 heteroatoms. The predicted octanol–water partition coefficient (Wildman–Crippen LogP) is 1.98. The molecule has 0 bridgehead atoms. The third-order valence-electron chi connectivity index (χ3n) is 2.96. The Morgan fingerprint density at radius 3 is 2.71 bits per heavy atom. The molecule has 17 heavy (non-hydrogen) atoms. The van der Waals surface area contributed by atoms with Crippen molar-refractivity contribution in [2.45, 2.75) is 27.2 Å². The van der Waals surface area contributed by atoms with E-state index in [4.69, 9.17) is 5.11 Å². The van der Waals surface area contributed by atoms with Crippen LogP contribution in [-0.2, 0) is 11.2 Å². The number of nitrogens with one attached hydrogen (secondary N) is 1. The van der Waals surface area contributed by atoms with Crippen LogP contribution in [0.1, 0.15) is 24.3 Å². The molecule has 1 unspecified atom stereocenters. The first-order chi connectivity index (χ1) is 8.06. The Kier molecular flexibility index (Phi) is 5.65. The number of aliphatic hydroxyl groups excluding tert-OH is 1. The second-order valence-corrected chi connectivity index (χ2v) is 5.60. The molecular formula is C13H21NO2S. The quantitative estimate of drug-likeness (QED) is 0.816. The topological polar surface area (TPSA) is 49.3 Å². The Morgan fingerprint density at radius 2 is 2.24 bits per heavy atom. The molecule has 3 nitrogen and oxygen atoms in total. The van der Waals surface area contributed by atoms with Gasteiger partial charge in [-0.1, -0.05) is 13.8 Å². The van der Waals surface area contributed by atoms with E-state index in [1.54, 1.807) is 11.3 Å². The SMILES string of the molecule is Cc1ccsc1CCNC(=O)C(CO)C(C)C. The molecule has 1 heterocycles. The molecule has 0 fully saturated rings. The Bertz CT molecular complexity index is 360. The van der Waals surface area contributed by atoms with E-state index in [9.17, 15) is 4.79 Å². The van der Waals surface area contributed by atoms with Crippen molar-refractivity contribution in [1.82, 2.24) is 5.32 Å². The zero-order chi connectivity index (χ0) is 12.8. The zero-order valence-corrected chi connectivity index (χ0v) is 11.5. The van der Waals surface area contributed by atoms with Crippen molar-refractivity contribution in [1.29, 1.82) is 0 Å². The molecule has 1 aromatic rings. The summed E-state index contributed by atoms with van der Waals surface area (Å²) < 4.78 is 0. The van der Waals surface area contributed by atoms with Crippen molar-refractivity contribution in [3.05, 3.63) is 21.9 Å². The number of hydrogen-bond acceptors (Lipinski definition) is 3. The van der Waals surface area contributed by atoms with Gasteiger partial charge in [0.05, 0.1) is 12.5 Å². The number of thiophene rings is 1. The third kappa shape index (κ3) is 4.13. The second-order valence-electron chi connectivity index (χ2n) is 4.60. The Hall–Kier alpha value is -0.870. The molecule has 0 aromatic carbocycles. The van der Waals surface area contributed by atoms with Gasteiger partial charge in [-0.05, 0) is 36.3 Å². The molecule has 1 rings (SSSR count). The van der Waals surface area contributed by atoms with Gasteiger partial charge in [0.15, 0.2) is 0 Å². The van der Waals surface area contributed by atoms with Crippen LogP contribution in [0.4, 0.5) is 0 Å². The van der Waals surface area contributed by atoms with Gasteiger partial charge in [-0.15, -0.1) is 11.3 Å². The Morgan fingerprint density at radius 1 is 1.53 bits per heavy atom. The highest BCUT2D eigenvalue weighted by Crippen LogP contribution is 2.15. The minimum absolute atomic E-state index is 0.0447. The molecule has 96 valence electrons. The molecule has 1 atom stereocenters. The summed E-state index contributed by atoms with van der Waals surface area (Å²) in [6, 6.07) is 2.09. The van der Waals surface area contributed by atoms with Crippen molar-refractivity contribution in [2.24, 2.45) is 11.8 Å². The number of rotatable bonds is 6. The molecule has 2 N–H and O–H groups in total. The van der Waals surface area contributed by atoms with Gasteiger partial charge in [0.1, 0.15) is 0 Å². The smallest absolute Gasteiger partial charge is 0.225 e. The molecule has 0 spiro atoms. The van der Waals surface area contributed by atoms with Crippen LogP contribution >= 0.6 is 11.3 Å². The minimum atomic E-state index is -0.292. The molecule has 0 aliphatic heterocycles. The number of hydrogen-bond donors (Lipinski definition) is 2. The fraction of sp³-hybridized carbons (Fsp3) is 0.615. The number of aliphatic hydroxyl groups is 1. The molecular weight excluding hydrogens is 234 g/mol. The fourth-order valence-corrected chi connectivity index (χ4v) is 2.60. The van der Waals surface area contributed by atoms with Crippen LogP contribution in [-0.4, -0.2) is 24.2 Å². The maximum Gasteiger partial charge on any atom is 0.225 e. The van der Waals surface area contributed by atoms with Crippen molar-refractivity contribution in [2.75, 3.05) is 13.2 Å². The van der Waals surface area contributed by atoms with Crippen molar-refractivity contribution < 1.29 is 9.90 Å². The lowest BCUT2D eigenvalue weighted by Crippen LogP contribution is -2.36. The molecule has 0 saturated carbocycles. The van der Waals surface area contributed by atoms with E-state index in [1.807, 2.05) is 13.8 Å². The Labute approximate surface area is 107 Å². The summed E-state index contributed by atoms with van der Waals surface area (Å²) in [7, 11) is 0. The van der Waals surface area contributed by atoms with Gasteiger partial charge in [-0.3, -0.25) is 4.79 Å². The molecule has 0 radical (unpaired) electrons. The van der Waals surface area contributed by atoms with Gasteiger partial charge in [0.2, 0.25) is 5.91 Å². The second kappa shape index (κ2) is 6.77. The van der Waals surface area contributed by atoms with Crippen LogP contribution in [0, 0.1) is 18.8 Å². The molecule has 0 saturated heterocycles. The Balaban J connectivity index is 2.36. The lowest BCUT2D eigenvalue weighted by molar-refractivity contribution is -0.127. The summed E-state index contributed by atoms with van der Waals surface area (Å²) in [5, 5.41) is 14.1. The number of amides is 1. The summed E-state index contributed by atoms with van der Waals surface area (Å²) >= 11 is 1.72. The average molecular weight is 255 g/mol. The first kappa shape index (κ1) is 14.2. The molecule has 0 aliphatic rings. The highest BCUT2D eigenvalue weighted by Gasteiger charge is 2.20. The molecule has 1 amide bonds. The van der Waals surface area contributed by atoms with Gasteiger partial charge in [-0.25, -0.2) is 0 Å². The average Bonchev–Trinajstić information content (AvgIpc) is 2.65. The number of aryl methyl sites for hydroxylation is 1. The summed E-state index contributed by atoms with van der Waals surface area (Å²) in [4.78, 5) is 13.1. The summed E-state index contributed by atoms with van der Waals surface area (Å²) in [6.45, 7) is 6.54.